The summed E-state index contributed by atoms with van der Waals surface area (Å²) in [7, 11) is 0. The highest BCUT2D eigenvalue weighted by Gasteiger charge is 2.19. The average Bonchev–Trinajstić information content (AvgIpc) is 2.28. The molecule has 0 fully saturated rings. The molecule has 98 valence electrons. The van der Waals surface area contributed by atoms with E-state index >= 15 is 0 Å². The quantitative estimate of drug-likeness (QED) is 0.509. The third kappa shape index (κ3) is 3.69. The summed E-state index contributed by atoms with van der Waals surface area (Å²) in [6, 6.07) is 2.46. The maximum atomic E-state index is 13.6. The molecule has 1 rings (SSSR count). The Hall–Kier alpha value is -1.63. The van der Waals surface area contributed by atoms with E-state index in [1.54, 1.807) is 6.92 Å². The van der Waals surface area contributed by atoms with Gasteiger partial charge in [-0.1, -0.05) is 12.2 Å². The summed E-state index contributed by atoms with van der Waals surface area (Å²) in [5, 5.41) is 13.4. The Morgan fingerprint density at radius 3 is 2.78 bits per heavy atom. The van der Waals surface area contributed by atoms with Gasteiger partial charge >= 0.3 is 0 Å². The smallest absolute Gasteiger partial charge is 0.269 e. The van der Waals surface area contributed by atoms with E-state index in [2.05, 4.69) is 5.32 Å². The highest BCUT2D eigenvalue weighted by atomic mass is 32.1. The molecule has 0 radical (unpaired) electrons. The lowest BCUT2D eigenvalue weighted by atomic mass is 10.0. The monoisotopic (exact) mass is 274 g/mol. The molecule has 7 heteroatoms. The Bertz CT molecular complexity index is 468. The summed E-state index contributed by atoms with van der Waals surface area (Å²) >= 11 is 4.82. The normalized spacial score (nSPS) is 11.9. The van der Waals surface area contributed by atoms with Crippen LogP contribution in [0.2, 0.25) is 0 Å². The van der Waals surface area contributed by atoms with Crippen molar-refractivity contribution in [1.82, 2.24) is 5.32 Å². The van der Waals surface area contributed by atoms with Gasteiger partial charge in [-0.05, 0) is 13.0 Å². The van der Waals surface area contributed by atoms with Crippen molar-refractivity contribution in [2.24, 2.45) is 0 Å². The largest absolute Gasteiger partial charge is 0.373 e. The molecule has 18 heavy (non-hydrogen) atoms. The number of thiocarbonyl (C=S) groups is 1. The second kappa shape index (κ2) is 6.34. The summed E-state index contributed by atoms with van der Waals surface area (Å²) in [5.41, 5.74) is -0.190. The van der Waals surface area contributed by atoms with E-state index in [4.69, 9.17) is 12.2 Å². The zero-order chi connectivity index (χ0) is 13.7. The molecule has 0 aliphatic rings. The number of alkyl halides is 1. The number of nitro groups is 1. The zero-order valence-corrected chi connectivity index (χ0v) is 10.5. The number of non-ortho nitro benzene ring substituents is 1. The van der Waals surface area contributed by atoms with E-state index < -0.39 is 23.5 Å². The number of nitro benzene ring substituents is 1. The first kappa shape index (κ1) is 14.4. The lowest BCUT2D eigenvalue weighted by Crippen LogP contribution is -2.26. The second-order valence-corrected chi connectivity index (χ2v) is 4.31. The fraction of sp³-hybridized carbons (Fsp3) is 0.364. The molecule has 1 N–H and O–H groups in total. The lowest BCUT2D eigenvalue weighted by Gasteiger charge is -2.18. The van der Waals surface area contributed by atoms with Crippen molar-refractivity contribution in [3.63, 3.8) is 0 Å². The van der Waals surface area contributed by atoms with Gasteiger partial charge in [-0.25, -0.2) is 4.39 Å². The van der Waals surface area contributed by atoms with Crippen LogP contribution in [0.5, 0.6) is 0 Å². The molecule has 1 atom stereocenters. The van der Waals surface area contributed by atoms with Crippen LogP contribution in [-0.4, -0.2) is 16.6 Å². The summed E-state index contributed by atoms with van der Waals surface area (Å²) in [6.45, 7) is 0.901. The molecule has 1 aromatic carbocycles. The Morgan fingerprint density at radius 2 is 2.28 bits per heavy atom. The first-order valence-electron chi connectivity index (χ1n) is 5.22. The number of nitrogens with one attached hydrogen (secondary N) is 1. The van der Waals surface area contributed by atoms with Gasteiger partial charge in [0.1, 0.15) is 5.82 Å². The second-order valence-electron chi connectivity index (χ2n) is 3.69. The maximum absolute atomic E-state index is 13.6. The fourth-order valence-corrected chi connectivity index (χ4v) is 1.71. The molecular weight excluding hydrogens is 262 g/mol. The van der Waals surface area contributed by atoms with Crippen LogP contribution in [0.25, 0.3) is 0 Å². The summed E-state index contributed by atoms with van der Waals surface area (Å²) in [5.74, 6) is -0.622. The number of halogens is 2. The summed E-state index contributed by atoms with van der Waals surface area (Å²) in [4.78, 5) is 10.4. The number of benzene rings is 1. The Kier molecular flexibility index (Phi) is 5.08. The van der Waals surface area contributed by atoms with Gasteiger partial charge in [0.15, 0.2) is 0 Å². The van der Waals surface area contributed by atoms with E-state index in [-0.39, 0.29) is 17.7 Å². The van der Waals surface area contributed by atoms with Crippen molar-refractivity contribution in [3.8, 4) is 0 Å². The van der Waals surface area contributed by atoms with E-state index in [9.17, 15) is 18.9 Å². The number of rotatable bonds is 5. The maximum Gasteiger partial charge on any atom is 0.269 e. The number of hydrogen-bond acceptors (Lipinski definition) is 3. The van der Waals surface area contributed by atoms with Crippen molar-refractivity contribution in [2.75, 3.05) is 6.67 Å². The first-order valence-corrected chi connectivity index (χ1v) is 5.63. The van der Waals surface area contributed by atoms with Crippen LogP contribution in [0.1, 0.15) is 24.9 Å². The van der Waals surface area contributed by atoms with Gasteiger partial charge in [0.25, 0.3) is 5.69 Å². The van der Waals surface area contributed by atoms with Crippen LogP contribution in [0.4, 0.5) is 14.5 Å². The van der Waals surface area contributed by atoms with Crippen molar-refractivity contribution >= 4 is 22.9 Å². The van der Waals surface area contributed by atoms with Gasteiger partial charge in [-0.3, -0.25) is 14.5 Å². The van der Waals surface area contributed by atoms with Gasteiger partial charge < -0.3 is 5.32 Å². The van der Waals surface area contributed by atoms with Crippen LogP contribution in [-0.2, 0) is 0 Å². The van der Waals surface area contributed by atoms with Crippen molar-refractivity contribution in [2.45, 2.75) is 19.4 Å². The van der Waals surface area contributed by atoms with E-state index in [1.165, 1.54) is 0 Å². The van der Waals surface area contributed by atoms with E-state index in [0.717, 1.165) is 18.2 Å². The van der Waals surface area contributed by atoms with Crippen LogP contribution >= 0.6 is 12.2 Å². The first-order chi connectivity index (χ1) is 8.45. The Morgan fingerprint density at radius 1 is 1.61 bits per heavy atom. The molecule has 0 saturated heterocycles. The van der Waals surface area contributed by atoms with Gasteiger partial charge in [-0.15, -0.1) is 0 Å². The van der Waals surface area contributed by atoms with Gasteiger partial charge in [0.05, 0.1) is 22.6 Å². The molecule has 0 saturated carbocycles. The minimum absolute atomic E-state index is 0.00787. The molecule has 0 aliphatic heterocycles. The lowest BCUT2D eigenvalue weighted by molar-refractivity contribution is -0.385. The standard InChI is InChI=1S/C11H12F2N2O2S/c1-7(18)14-11(4-5-12)9-6-8(15(16)17)2-3-10(9)13/h2-3,6,11H,4-5H2,1H3,(H,14,18). The predicted octanol–water partition coefficient (Wildman–Crippen LogP) is 3.07. The predicted molar refractivity (Wildman–Crippen MR) is 67.8 cm³/mol. The molecule has 0 aliphatic carbocycles. The molecule has 1 unspecified atom stereocenters. The molecular formula is C11H12F2N2O2S. The zero-order valence-electron chi connectivity index (χ0n) is 9.65. The minimum atomic E-state index is -0.701. The Balaban J connectivity index is 3.12. The van der Waals surface area contributed by atoms with E-state index in [0.29, 0.717) is 4.99 Å². The minimum Gasteiger partial charge on any atom is -0.373 e. The molecule has 4 nitrogen and oxygen atoms in total. The molecule has 0 spiro atoms. The van der Waals surface area contributed by atoms with Crippen LogP contribution in [0, 0.1) is 15.9 Å². The van der Waals surface area contributed by atoms with Gasteiger partial charge in [-0.2, -0.15) is 0 Å². The molecule has 0 heterocycles. The van der Waals surface area contributed by atoms with E-state index in [1.807, 2.05) is 0 Å². The SMILES string of the molecule is CC(=S)NC(CCF)c1cc([N+](=O)[O-])ccc1F. The highest BCUT2D eigenvalue weighted by molar-refractivity contribution is 7.80. The molecule has 0 aromatic heterocycles. The molecule has 0 bridgehead atoms. The highest BCUT2D eigenvalue weighted by Crippen LogP contribution is 2.25. The molecule has 0 amide bonds. The van der Waals surface area contributed by atoms with Crippen LogP contribution < -0.4 is 5.32 Å². The summed E-state index contributed by atoms with van der Waals surface area (Å²) in [6.07, 6.45) is -0.00787. The van der Waals surface area contributed by atoms with Crippen LogP contribution in [0.3, 0.4) is 0 Å². The van der Waals surface area contributed by atoms with Crippen molar-refractivity contribution in [3.05, 3.63) is 39.7 Å². The van der Waals surface area contributed by atoms with Gasteiger partial charge in [0.2, 0.25) is 0 Å². The van der Waals surface area contributed by atoms with Crippen molar-refractivity contribution < 1.29 is 13.7 Å². The number of hydrogen-bond donors (Lipinski definition) is 1. The third-order valence-corrected chi connectivity index (χ3v) is 2.46. The van der Waals surface area contributed by atoms with Gasteiger partial charge in [0, 0.05) is 24.1 Å². The van der Waals surface area contributed by atoms with Crippen LogP contribution in [0.15, 0.2) is 18.2 Å². The third-order valence-electron chi connectivity index (χ3n) is 2.34. The Labute approximate surface area is 108 Å². The average molecular weight is 274 g/mol. The summed E-state index contributed by atoms with van der Waals surface area (Å²) < 4.78 is 26.1. The topological polar surface area (TPSA) is 55.2 Å². The fourth-order valence-electron chi connectivity index (χ4n) is 1.57. The molecule has 1 aromatic rings. The number of nitrogens with zero attached hydrogens (tertiary/aromatic N) is 1. The van der Waals surface area contributed by atoms with Crippen molar-refractivity contribution in [1.29, 1.82) is 0 Å².